The van der Waals surface area contributed by atoms with E-state index in [-0.39, 0.29) is 5.78 Å². The highest BCUT2D eigenvalue weighted by molar-refractivity contribution is 6.35. The molecule has 5 heteroatoms. The molecule has 0 radical (unpaired) electrons. The van der Waals surface area contributed by atoms with Gasteiger partial charge >= 0.3 is 0 Å². The number of halogens is 2. The van der Waals surface area contributed by atoms with Crippen LogP contribution in [0.3, 0.4) is 0 Å². The first-order valence-corrected chi connectivity index (χ1v) is 6.73. The van der Waals surface area contributed by atoms with Gasteiger partial charge in [-0.2, -0.15) is 0 Å². The molecule has 1 aromatic heterocycles. The Morgan fingerprint density at radius 3 is 2.79 bits per heavy atom. The molecule has 0 aliphatic heterocycles. The number of Topliss-reactive ketones (excluding diaryl/α,β-unsaturated/α-hetero) is 1. The van der Waals surface area contributed by atoms with Gasteiger partial charge in [-0.1, -0.05) is 29.3 Å². The van der Waals surface area contributed by atoms with E-state index >= 15 is 0 Å². The molecule has 0 aliphatic rings. The van der Waals surface area contributed by atoms with Gasteiger partial charge in [-0.05, 0) is 17.7 Å². The molecule has 100 valence electrons. The summed E-state index contributed by atoms with van der Waals surface area (Å²) in [6.07, 6.45) is 5.05. The maximum atomic E-state index is 11.9. The van der Waals surface area contributed by atoms with Gasteiger partial charge < -0.3 is 4.57 Å². The van der Waals surface area contributed by atoms with Crippen LogP contribution in [0.15, 0.2) is 30.6 Å². The lowest BCUT2D eigenvalue weighted by Gasteiger charge is -2.05. The first kappa shape index (κ1) is 14.1. The number of hydrogen-bond acceptors (Lipinski definition) is 2. The van der Waals surface area contributed by atoms with Crippen molar-refractivity contribution in [3.63, 3.8) is 0 Å². The Balaban J connectivity index is 1.93. The molecular formula is C14H14Cl2N2O. The quantitative estimate of drug-likeness (QED) is 0.847. The lowest BCUT2D eigenvalue weighted by molar-refractivity contribution is -0.118. The van der Waals surface area contributed by atoms with Crippen molar-refractivity contribution in [3.8, 4) is 0 Å². The number of nitrogens with zero attached hydrogens (tertiary/aromatic N) is 2. The van der Waals surface area contributed by atoms with Crippen LogP contribution < -0.4 is 0 Å². The smallest absolute Gasteiger partial charge is 0.137 e. The molecule has 1 heterocycles. The number of hydrogen-bond donors (Lipinski definition) is 0. The number of aromatic nitrogens is 2. The molecule has 0 atom stereocenters. The molecule has 2 aromatic rings. The van der Waals surface area contributed by atoms with Crippen LogP contribution in [0.4, 0.5) is 0 Å². The molecule has 0 fully saturated rings. The Hall–Kier alpha value is -1.32. The van der Waals surface area contributed by atoms with E-state index in [2.05, 4.69) is 4.98 Å². The van der Waals surface area contributed by atoms with Gasteiger partial charge in [0.1, 0.15) is 11.6 Å². The van der Waals surface area contributed by atoms with E-state index in [0.29, 0.717) is 29.3 Å². The predicted octanol–water partition coefficient (Wildman–Crippen LogP) is 3.47. The van der Waals surface area contributed by atoms with E-state index in [0.717, 1.165) is 11.4 Å². The lowest BCUT2D eigenvalue weighted by atomic mass is 10.1. The predicted molar refractivity (Wildman–Crippen MR) is 76.7 cm³/mol. The van der Waals surface area contributed by atoms with Crippen molar-refractivity contribution < 1.29 is 4.79 Å². The Bertz CT molecular complexity index is 593. The van der Waals surface area contributed by atoms with Crippen molar-refractivity contribution >= 4 is 29.0 Å². The molecule has 0 unspecified atom stereocenters. The summed E-state index contributed by atoms with van der Waals surface area (Å²) >= 11 is 11.9. The normalized spacial score (nSPS) is 10.7. The second kappa shape index (κ2) is 6.22. The second-order valence-corrected chi connectivity index (χ2v) is 5.25. The van der Waals surface area contributed by atoms with Crippen LogP contribution in [0.25, 0.3) is 0 Å². The Morgan fingerprint density at radius 1 is 1.37 bits per heavy atom. The summed E-state index contributed by atoms with van der Waals surface area (Å²) in [5, 5.41) is 1.12. The molecule has 0 saturated carbocycles. The molecule has 19 heavy (non-hydrogen) atoms. The zero-order valence-corrected chi connectivity index (χ0v) is 12.1. The van der Waals surface area contributed by atoms with E-state index in [1.54, 1.807) is 24.4 Å². The summed E-state index contributed by atoms with van der Waals surface area (Å²) in [6.45, 7) is 0. The summed E-state index contributed by atoms with van der Waals surface area (Å²) in [7, 11) is 1.92. The van der Waals surface area contributed by atoms with Gasteiger partial charge in [0.25, 0.3) is 0 Å². The molecule has 0 aliphatic carbocycles. The number of rotatable bonds is 5. The maximum Gasteiger partial charge on any atom is 0.137 e. The van der Waals surface area contributed by atoms with E-state index < -0.39 is 0 Å². The fraction of sp³-hybridized carbons (Fsp3) is 0.286. The molecular weight excluding hydrogens is 283 g/mol. The lowest BCUT2D eigenvalue weighted by Crippen LogP contribution is -2.07. The van der Waals surface area contributed by atoms with Gasteiger partial charge in [-0.15, -0.1) is 0 Å². The first-order valence-electron chi connectivity index (χ1n) is 5.98. The molecule has 0 spiro atoms. The summed E-state index contributed by atoms with van der Waals surface area (Å²) in [5.41, 5.74) is 0.816. The summed E-state index contributed by atoms with van der Waals surface area (Å²) < 4.78 is 1.92. The minimum absolute atomic E-state index is 0.146. The zero-order valence-electron chi connectivity index (χ0n) is 10.6. The van der Waals surface area contributed by atoms with Crippen LogP contribution >= 0.6 is 23.2 Å². The van der Waals surface area contributed by atoms with E-state index in [1.807, 2.05) is 17.8 Å². The van der Waals surface area contributed by atoms with Crippen molar-refractivity contribution in [3.05, 3.63) is 52.0 Å². The van der Waals surface area contributed by atoms with Crippen molar-refractivity contribution in [2.45, 2.75) is 19.3 Å². The Morgan fingerprint density at radius 2 is 2.16 bits per heavy atom. The third kappa shape index (κ3) is 3.82. The highest BCUT2D eigenvalue weighted by atomic mass is 35.5. The van der Waals surface area contributed by atoms with Gasteiger partial charge in [-0.25, -0.2) is 4.98 Å². The van der Waals surface area contributed by atoms with Crippen LogP contribution in [0.1, 0.15) is 17.8 Å². The molecule has 0 amide bonds. The molecule has 0 bridgehead atoms. The number of imidazole rings is 1. The fourth-order valence-corrected chi connectivity index (χ4v) is 2.33. The summed E-state index contributed by atoms with van der Waals surface area (Å²) in [5.74, 6) is 1.06. The molecule has 3 nitrogen and oxygen atoms in total. The Labute approximate surface area is 122 Å². The van der Waals surface area contributed by atoms with Crippen LogP contribution in [-0.4, -0.2) is 15.3 Å². The average molecular weight is 297 g/mol. The molecule has 1 aromatic carbocycles. The number of ketones is 1. The topological polar surface area (TPSA) is 34.9 Å². The standard InChI is InChI=1S/C14H14Cl2N2O/c1-18-7-6-17-14(18)5-4-12(19)8-10-2-3-11(15)9-13(10)16/h2-3,6-7,9H,4-5,8H2,1H3. The van der Waals surface area contributed by atoms with Crippen LogP contribution in [0.5, 0.6) is 0 Å². The highest BCUT2D eigenvalue weighted by Crippen LogP contribution is 2.21. The van der Waals surface area contributed by atoms with Crippen LogP contribution in [-0.2, 0) is 24.7 Å². The number of carbonyl (C=O) groups excluding carboxylic acids is 1. The third-order valence-electron chi connectivity index (χ3n) is 2.95. The highest BCUT2D eigenvalue weighted by Gasteiger charge is 2.09. The third-order valence-corrected chi connectivity index (χ3v) is 3.54. The largest absolute Gasteiger partial charge is 0.338 e. The summed E-state index contributed by atoms with van der Waals surface area (Å²) in [4.78, 5) is 16.1. The number of carbonyl (C=O) groups is 1. The maximum absolute atomic E-state index is 11.9. The number of benzene rings is 1. The summed E-state index contributed by atoms with van der Waals surface area (Å²) in [6, 6.07) is 5.20. The Kier molecular flexibility index (Phi) is 4.61. The van der Waals surface area contributed by atoms with Crippen molar-refractivity contribution in [2.24, 2.45) is 7.05 Å². The number of aryl methyl sites for hydroxylation is 2. The minimum Gasteiger partial charge on any atom is -0.338 e. The van der Waals surface area contributed by atoms with Gasteiger partial charge in [0.2, 0.25) is 0 Å². The van der Waals surface area contributed by atoms with Crippen molar-refractivity contribution in [2.75, 3.05) is 0 Å². The molecule has 2 rings (SSSR count). The monoisotopic (exact) mass is 296 g/mol. The van der Waals surface area contributed by atoms with Gasteiger partial charge in [0.05, 0.1) is 0 Å². The van der Waals surface area contributed by atoms with Crippen LogP contribution in [0.2, 0.25) is 10.0 Å². The van der Waals surface area contributed by atoms with E-state index in [9.17, 15) is 4.79 Å². The van der Waals surface area contributed by atoms with Crippen LogP contribution in [0, 0.1) is 0 Å². The SMILES string of the molecule is Cn1ccnc1CCC(=O)Cc1ccc(Cl)cc1Cl. The molecule has 0 saturated heterocycles. The van der Waals surface area contributed by atoms with Gasteiger partial charge in [-0.3, -0.25) is 4.79 Å². The van der Waals surface area contributed by atoms with Gasteiger partial charge in [0, 0.05) is 48.7 Å². The first-order chi connectivity index (χ1) is 9.06. The minimum atomic E-state index is 0.146. The van der Waals surface area contributed by atoms with Gasteiger partial charge in [0.15, 0.2) is 0 Å². The fourth-order valence-electron chi connectivity index (χ4n) is 1.85. The second-order valence-electron chi connectivity index (χ2n) is 4.41. The van der Waals surface area contributed by atoms with Crippen molar-refractivity contribution in [1.29, 1.82) is 0 Å². The van der Waals surface area contributed by atoms with E-state index in [4.69, 9.17) is 23.2 Å². The van der Waals surface area contributed by atoms with E-state index in [1.165, 1.54) is 0 Å². The average Bonchev–Trinajstić information content (AvgIpc) is 2.76. The van der Waals surface area contributed by atoms with Crippen molar-refractivity contribution in [1.82, 2.24) is 9.55 Å². The zero-order chi connectivity index (χ0) is 13.8. The molecule has 0 N–H and O–H groups in total.